The molecular weight excluding hydrogens is 274 g/mol. The molecule has 1 N–H and O–H groups in total. The Balaban J connectivity index is 2.26. The third-order valence-corrected chi connectivity index (χ3v) is 3.80. The predicted octanol–water partition coefficient (Wildman–Crippen LogP) is 2.24. The lowest BCUT2D eigenvalue weighted by Gasteiger charge is -2.15. The number of halogens is 1. The van der Waals surface area contributed by atoms with Crippen molar-refractivity contribution in [3.05, 3.63) is 40.2 Å². The van der Waals surface area contributed by atoms with Gasteiger partial charge in [0.05, 0.1) is 22.5 Å². The SMILES string of the molecule is CCc1nn(C)c(CC(NC)c2ncc(C)cn2)c1Cl. The second kappa shape index (κ2) is 6.33. The molecular formula is C14H20ClN5. The monoisotopic (exact) mass is 293 g/mol. The Morgan fingerprint density at radius 1 is 1.35 bits per heavy atom. The fourth-order valence-corrected chi connectivity index (χ4v) is 2.51. The van der Waals surface area contributed by atoms with Crippen molar-refractivity contribution >= 4 is 11.6 Å². The van der Waals surface area contributed by atoms with E-state index < -0.39 is 0 Å². The first-order chi connectivity index (χ1) is 9.56. The van der Waals surface area contributed by atoms with Crippen LogP contribution >= 0.6 is 11.6 Å². The third kappa shape index (κ3) is 2.99. The van der Waals surface area contributed by atoms with E-state index in [-0.39, 0.29) is 6.04 Å². The Labute approximate surface area is 124 Å². The molecule has 6 heteroatoms. The van der Waals surface area contributed by atoms with E-state index in [0.717, 1.165) is 34.2 Å². The van der Waals surface area contributed by atoms with Gasteiger partial charge < -0.3 is 5.32 Å². The van der Waals surface area contributed by atoms with Crippen molar-refractivity contribution in [2.24, 2.45) is 7.05 Å². The van der Waals surface area contributed by atoms with Crippen LogP contribution in [0.25, 0.3) is 0 Å². The fraction of sp³-hybridized carbons (Fsp3) is 0.500. The molecule has 2 aromatic heterocycles. The van der Waals surface area contributed by atoms with E-state index in [1.807, 2.05) is 38.1 Å². The van der Waals surface area contributed by atoms with Crippen LogP contribution in [-0.4, -0.2) is 26.8 Å². The summed E-state index contributed by atoms with van der Waals surface area (Å²) in [5, 5.41) is 8.44. The molecule has 0 amide bonds. The summed E-state index contributed by atoms with van der Waals surface area (Å²) < 4.78 is 1.85. The van der Waals surface area contributed by atoms with Crippen LogP contribution in [-0.2, 0) is 19.9 Å². The highest BCUT2D eigenvalue weighted by atomic mass is 35.5. The molecule has 5 nitrogen and oxygen atoms in total. The quantitative estimate of drug-likeness (QED) is 0.918. The highest BCUT2D eigenvalue weighted by molar-refractivity contribution is 6.31. The van der Waals surface area contributed by atoms with Gasteiger partial charge in [0.2, 0.25) is 0 Å². The summed E-state index contributed by atoms with van der Waals surface area (Å²) in [6.07, 6.45) is 5.20. The molecule has 0 spiro atoms. The lowest BCUT2D eigenvalue weighted by atomic mass is 10.1. The van der Waals surface area contributed by atoms with Gasteiger partial charge in [-0.2, -0.15) is 5.10 Å². The van der Waals surface area contributed by atoms with Crippen molar-refractivity contribution in [1.82, 2.24) is 25.1 Å². The van der Waals surface area contributed by atoms with E-state index in [4.69, 9.17) is 11.6 Å². The molecule has 0 saturated carbocycles. The minimum atomic E-state index is 0.0215. The maximum absolute atomic E-state index is 6.39. The molecule has 0 aromatic carbocycles. The van der Waals surface area contributed by atoms with Crippen molar-refractivity contribution in [3.63, 3.8) is 0 Å². The molecule has 20 heavy (non-hydrogen) atoms. The molecule has 0 fully saturated rings. The van der Waals surface area contributed by atoms with E-state index in [2.05, 4.69) is 27.3 Å². The zero-order valence-corrected chi connectivity index (χ0v) is 13.1. The van der Waals surface area contributed by atoms with E-state index in [1.54, 1.807) is 0 Å². The normalized spacial score (nSPS) is 12.7. The van der Waals surface area contributed by atoms with Crippen LogP contribution in [0.1, 0.15) is 35.7 Å². The molecule has 2 aromatic rings. The highest BCUT2D eigenvalue weighted by Crippen LogP contribution is 2.25. The molecule has 2 heterocycles. The number of hydrogen-bond donors (Lipinski definition) is 1. The Morgan fingerprint density at radius 2 is 2.00 bits per heavy atom. The van der Waals surface area contributed by atoms with E-state index in [1.165, 1.54) is 0 Å². The number of aryl methyl sites for hydroxylation is 3. The molecule has 0 aliphatic carbocycles. The Bertz CT molecular complexity index is 576. The van der Waals surface area contributed by atoms with Gasteiger partial charge in [0, 0.05) is 25.9 Å². The van der Waals surface area contributed by atoms with Crippen LogP contribution < -0.4 is 5.32 Å². The van der Waals surface area contributed by atoms with Gasteiger partial charge in [-0.3, -0.25) is 4.68 Å². The van der Waals surface area contributed by atoms with Gasteiger partial charge in [-0.15, -0.1) is 0 Å². The van der Waals surface area contributed by atoms with Crippen LogP contribution in [0.4, 0.5) is 0 Å². The van der Waals surface area contributed by atoms with E-state index >= 15 is 0 Å². The Hall–Kier alpha value is -1.46. The summed E-state index contributed by atoms with van der Waals surface area (Å²) in [5.41, 5.74) is 2.99. The summed E-state index contributed by atoms with van der Waals surface area (Å²) in [6.45, 7) is 4.03. The Kier molecular flexibility index (Phi) is 4.73. The van der Waals surface area contributed by atoms with Gasteiger partial charge in [-0.05, 0) is 26.0 Å². The van der Waals surface area contributed by atoms with E-state index in [9.17, 15) is 0 Å². The molecule has 0 radical (unpaired) electrons. The van der Waals surface area contributed by atoms with Crippen LogP contribution in [0.5, 0.6) is 0 Å². The number of hydrogen-bond acceptors (Lipinski definition) is 4. The van der Waals surface area contributed by atoms with Crippen molar-refractivity contribution in [3.8, 4) is 0 Å². The fourth-order valence-electron chi connectivity index (χ4n) is 2.14. The first kappa shape index (κ1) is 14.9. The van der Waals surface area contributed by atoms with Gasteiger partial charge in [0.15, 0.2) is 0 Å². The van der Waals surface area contributed by atoms with Crippen molar-refractivity contribution < 1.29 is 0 Å². The summed E-state index contributed by atoms with van der Waals surface area (Å²) in [4.78, 5) is 8.77. The summed E-state index contributed by atoms with van der Waals surface area (Å²) >= 11 is 6.39. The predicted molar refractivity (Wildman–Crippen MR) is 79.9 cm³/mol. The number of nitrogens with zero attached hydrogens (tertiary/aromatic N) is 4. The highest BCUT2D eigenvalue weighted by Gasteiger charge is 2.19. The van der Waals surface area contributed by atoms with Gasteiger partial charge in [-0.25, -0.2) is 9.97 Å². The van der Waals surface area contributed by atoms with Crippen LogP contribution in [0, 0.1) is 6.92 Å². The Morgan fingerprint density at radius 3 is 2.50 bits per heavy atom. The summed E-state index contributed by atoms with van der Waals surface area (Å²) in [5.74, 6) is 0.772. The molecule has 1 atom stereocenters. The second-order valence-electron chi connectivity index (χ2n) is 4.85. The minimum absolute atomic E-state index is 0.0215. The largest absolute Gasteiger partial charge is 0.310 e. The standard InChI is InChI=1S/C14H20ClN5/c1-5-10-13(15)12(20(4)19-10)6-11(16-3)14-17-7-9(2)8-18-14/h7-8,11,16H,5-6H2,1-4H3. The summed E-state index contributed by atoms with van der Waals surface area (Å²) in [6, 6.07) is 0.0215. The van der Waals surface area contributed by atoms with E-state index in [0.29, 0.717) is 6.42 Å². The zero-order valence-electron chi connectivity index (χ0n) is 12.3. The second-order valence-corrected chi connectivity index (χ2v) is 5.23. The van der Waals surface area contributed by atoms with Gasteiger partial charge >= 0.3 is 0 Å². The van der Waals surface area contributed by atoms with Crippen molar-refractivity contribution in [2.45, 2.75) is 32.7 Å². The average molecular weight is 294 g/mol. The topological polar surface area (TPSA) is 55.6 Å². The van der Waals surface area contributed by atoms with Gasteiger partial charge in [0.1, 0.15) is 5.82 Å². The molecule has 1 unspecified atom stereocenters. The lowest BCUT2D eigenvalue weighted by Crippen LogP contribution is -2.22. The minimum Gasteiger partial charge on any atom is -0.310 e. The number of likely N-dealkylation sites (N-methyl/N-ethyl adjacent to an activating group) is 1. The first-order valence-electron chi connectivity index (χ1n) is 6.72. The molecule has 0 saturated heterocycles. The van der Waals surface area contributed by atoms with Gasteiger partial charge in [0.25, 0.3) is 0 Å². The molecule has 0 aliphatic heterocycles. The molecule has 0 aliphatic rings. The number of aromatic nitrogens is 4. The van der Waals surface area contributed by atoms with Crippen molar-refractivity contribution in [2.75, 3.05) is 7.05 Å². The number of nitrogens with one attached hydrogen (secondary N) is 1. The third-order valence-electron chi connectivity index (χ3n) is 3.36. The average Bonchev–Trinajstić information content (AvgIpc) is 2.72. The zero-order chi connectivity index (χ0) is 14.7. The lowest BCUT2D eigenvalue weighted by molar-refractivity contribution is 0.533. The summed E-state index contributed by atoms with van der Waals surface area (Å²) in [7, 11) is 3.82. The smallest absolute Gasteiger partial charge is 0.145 e. The van der Waals surface area contributed by atoms with Crippen LogP contribution in [0.3, 0.4) is 0 Å². The molecule has 108 valence electrons. The number of rotatable bonds is 5. The van der Waals surface area contributed by atoms with Crippen LogP contribution in [0.15, 0.2) is 12.4 Å². The van der Waals surface area contributed by atoms with Crippen molar-refractivity contribution in [1.29, 1.82) is 0 Å². The molecule has 0 bridgehead atoms. The maximum atomic E-state index is 6.39. The molecule has 2 rings (SSSR count). The van der Waals surface area contributed by atoms with Gasteiger partial charge in [-0.1, -0.05) is 18.5 Å². The van der Waals surface area contributed by atoms with Crippen LogP contribution in [0.2, 0.25) is 5.02 Å². The maximum Gasteiger partial charge on any atom is 0.145 e. The first-order valence-corrected chi connectivity index (χ1v) is 7.10.